The van der Waals surface area contributed by atoms with E-state index in [1.54, 1.807) is 12.4 Å². The number of aryl methyl sites for hydroxylation is 1. The number of pyridine rings is 1. The van der Waals surface area contributed by atoms with E-state index in [1.165, 1.54) is 16.9 Å². The van der Waals surface area contributed by atoms with Gasteiger partial charge in [-0.05, 0) is 50.8 Å². The zero-order valence-electron chi connectivity index (χ0n) is 17.3. The van der Waals surface area contributed by atoms with Crippen molar-refractivity contribution in [3.63, 3.8) is 0 Å². The lowest BCUT2D eigenvalue weighted by atomic mass is 9.90. The van der Waals surface area contributed by atoms with Crippen molar-refractivity contribution in [2.75, 3.05) is 6.61 Å². The maximum Gasteiger partial charge on any atom is 0.256 e. The van der Waals surface area contributed by atoms with Crippen LogP contribution in [0, 0.1) is 18.7 Å². The Morgan fingerprint density at radius 2 is 1.94 bits per heavy atom. The van der Waals surface area contributed by atoms with Gasteiger partial charge >= 0.3 is 0 Å². The minimum atomic E-state index is -0.388. The molecule has 3 unspecified atom stereocenters. The van der Waals surface area contributed by atoms with Crippen LogP contribution in [0.25, 0.3) is 5.69 Å². The molecule has 2 fully saturated rings. The second-order valence-corrected chi connectivity index (χ2v) is 8.31. The molecular formula is C23H24FN5O2. The summed E-state index contributed by atoms with van der Waals surface area (Å²) in [7, 11) is 0. The molecule has 0 N–H and O–H groups in total. The summed E-state index contributed by atoms with van der Waals surface area (Å²) < 4.78 is 18.9. The molecule has 2 aromatic heterocycles. The van der Waals surface area contributed by atoms with Gasteiger partial charge in [0, 0.05) is 24.1 Å². The topological polar surface area (TPSA) is 73.1 Å². The first kappa shape index (κ1) is 19.7. The SMILES string of the molecule is Cc1ccc(-n2nccn2)c(C(=O)N2C3CCC(COc4ccc(F)cn4)C2CC3)c1. The summed E-state index contributed by atoms with van der Waals surface area (Å²) in [5.41, 5.74) is 2.33. The Balaban J connectivity index is 1.38. The van der Waals surface area contributed by atoms with Gasteiger partial charge in [0.2, 0.25) is 5.88 Å². The van der Waals surface area contributed by atoms with Gasteiger partial charge in [-0.1, -0.05) is 11.6 Å². The summed E-state index contributed by atoms with van der Waals surface area (Å²) in [6.07, 6.45) is 8.28. The molecule has 2 saturated heterocycles. The predicted molar refractivity (Wildman–Crippen MR) is 111 cm³/mol. The Kier molecular flexibility index (Phi) is 5.13. The summed E-state index contributed by atoms with van der Waals surface area (Å²) in [4.78, 5) is 21.3. The molecule has 31 heavy (non-hydrogen) atoms. The summed E-state index contributed by atoms with van der Waals surface area (Å²) in [5.74, 6) is 0.255. The zero-order valence-corrected chi connectivity index (χ0v) is 17.3. The summed E-state index contributed by atoms with van der Waals surface area (Å²) in [5, 5.41) is 8.45. The number of fused-ring (bicyclic) bond motifs is 2. The molecule has 0 spiro atoms. The van der Waals surface area contributed by atoms with Crippen molar-refractivity contribution in [1.82, 2.24) is 24.9 Å². The molecular weight excluding hydrogens is 397 g/mol. The van der Waals surface area contributed by atoms with Crippen LogP contribution in [0.3, 0.4) is 0 Å². The highest BCUT2D eigenvalue weighted by Crippen LogP contribution is 2.40. The Labute approximate surface area is 179 Å². The molecule has 2 aliphatic rings. The fourth-order valence-electron chi connectivity index (χ4n) is 4.88. The standard InChI is InChI=1S/C23H24FN5O2/c1-15-2-7-21(29-26-10-11-27-29)19(12-15)23(30)28-18-5-3-16(20(28)8-6-18)14-31-22-9-4-17(24)13-25-22/h2,4,7,9-13,16,18,20H,3,5-6,8,14H2,1H3. The molecule has 5 rings (SSSR count). The third-order valence-corrected chi connectivity index (χ3v) is 6.36. The Morgan fingerprint density at radius 1 is 1.13 bits per heavy atom. The van der Waals surface area contributed by atoms with E-state index < -0.39 is 0 Å². The van der Waals surface area contributed by atoms with Crippen LogP contribution in [0.15, 0.2) is 48.9 Å². The molecule has 7 nitrogen and oxygen atoms in total. The number of benzene rings is 1. The molecule has 3 atom stereocenters. The maximum absolute atomic E-state index is 13.7. The number of carbonyl (C=O) groups excluding carboxylic acids is 1. The highest BCUT2D eigenvalue weighted by Gasteiger charge is 2.45. The molecule has 0 radical (unpaired) electrons. The van der Waals surface area contributed by atoms with E-state index in [9.17, 15) is 9.18 Å². The zero-order chi connectivity index (χ0) is 21.4. The van der Waals surface area contributed by atoms with E-state index in [0.29, 0.717) is 23.7 Å². The average molecular weight is 421 g/mol. The molecule has 1 amide bonds. The molecule has 8 heteroatoms. The highest BCUT2D eigenvalue weighted by atomic mass is 19.1. The van der Waals surface area contributed by atoms with Crippen molar-refractivity contribution in [1.29, 1.82) is 0 Å². The minimum absolute atomic E-state index is 0.0214. The number of piperidine rings is 1. The van der Waals surface area contributed by atoms with E-state index in [2.05, 4.69) is 20.1 Å². The maximum atomic E-state index is 13.7. The number of aromatic nitrogens is 4. The van der Waals surface area contributed by atoms with Gasteiger partial charge < -0.3 is 9.64 Å². The molecule has 0 saturated carbocycles. The summed E-state index contributed by atoms with van der Waals surface area (Å²) >= 11 is 0. The molecule has 3 aromatic rings. The first-order valence-electron chi connectivity index (χ1n) is 10.6. The van der Waals surface area contributed by atoms with Crippen LogP contribution in [-0.2, 0) is 0 Å². The lowest BCUT2D eigenvalue weighted by molar-refractivity contribution is 0.0402. The normalized spacial score (nSPS) is 22.5. The number of amides is 1. The number of ether oxygens (including phenoxy) is 1. The first-order valence-corrected chi connectivity index (χ1v) is 10.6. The van der Waals surface area contributed by atoms with Crippen molar-refractivity contribution in [3.05, 3.63) is 65.9 Å². The number of halogens is 1. The molecule has 2 bridgehead atoms. The quantitative estimate of drug-likeness (QED) is 0.630. The Morgan fingerprint density at radius 3 is 2.71 bits per heavy atom. The number of nitrogens with zero attached hydrogens (tertiary/aromatic N) is 5. The van der Waals surface area contributed by atoms with Crippen LogP contribution in [-0.4, -0.2) is 49.5 Å². The van der Waals surface area contributed by atoms with E-state index >= 15 is 0 Å². The van der Waals surface area contributed by atoms with Crippen molar-refractivity contribution in [3.8, 4) is 11.6 Å². The molecule has 0 aliphatic carbocycles. The van der Waals surface area contributed by atoms with Gasteiger partial charge in [-0.3, -0.25) is 4.79 Å². The van der Waals surface area contributed by atoms with Gasteiger partial charge in [-0.15, -0.1) is 0 Å². The van der Waals surface area contributed by atoms with Crippen LogP contribution in [0.5, 0.6) is 5.88 Å². The van der Waals surface area contributed by atoms with Gasteiger partial charge in [0.15, 0.2) is 0 Å². The van der Waals surface area contributed by atoms with Gasteiger partial charge in [0.25, 0.3) is 5.91 Å². The minimum Gasteiger partial charge on any atom is -0.477 e. The fourth-order valence-corrected chi connectivity index (χ4v) is 4.88. The van der Waals surface area contributed by atoms with Gasteiger partial charge in [-0.2, -0.15) is 15.0 Å². The number of hydrogen-bond donors (Lipinski definition) is 0. The molecule has 160 valence electrons. The third kappa shape index (κ3) is 3.78. The van der Waals surface area contributed by atoms with E-state index in [4.69, 9.17) is 4.74 Å². The lowest BCUT2D eigenvalue weighted by Gasteiger charge is -2.40. The monoisotopic (exact) mass is 421 g/mol. The molecule has 1 aromatic carbocycles. The van der Waals surface area contributed by atoms with E-state index in [0.717, 1.165) is 37.4 Å². The van der Waals surface area contributed by atoms with Crippen molar-refractivity contribution < 1.29 is 13.9 Å². The Bertz CT molecular complexity index is 1070. The van der Waals surface area contributed by atoms with Crippen LogP contribution < -0.4 is 4.74 Å². The van der Waals surface area contributed by atoms with Gasteiger partial charge in [0.1, 0.15) is 5.82 Å². The predicted octanol–water partition coefficient (Wildman–Crippen LogP) is 3.57. The van der Waals surface area contributed by atoms with Crippen molar-refractivity contribution in [2.24, 2.45) is 5.92 Å². The Hall–Kier alpha value is -3.29. The third-order valence-electron chi connectivity index (χ3n) is 6.36. The van der Waals surface area contributed by atoms with Gasteiger partial charge in [-0.25, -0.2) is 9.37 Å². The lowest BCUT2D eigenvalue weighted by Crippen LogP contribution is -2.49. The van der Waals surface area contributed by atoms with Crippen LogP contribution in [0.4, 0.5) is 4.39 Å². The van der Waals surface area contributed by atoms with E-state index in [-0.39, 0.29) is 29.7 Å². The number of hydrogen-bond acceptors (Lipinski definition) is 5. The summed E-state index contributed by atoms with van der Waals surface area (Å²) in [6, 6.07) is 9.02. The average Bonchev–Trinajstić information content (AvgIpc) is 3.41. The van der Waals surface area contributed by atoms with Gasteiger partial charge in [0.05, 0.1) is 36.4 Å². The highest BCUT2D eigenvalue weighted by molar-refractivity contribution is 5.98. The molecule has 4 heterocycles. The number of rotatable bonds is 5. The second kappa shape index (κ2) is 8.09. The van der Waals surface area contributed by atoms with Crippen LogP contribution in [0.1, 0.15) is 41.6 Å². The molecule has 2 aliphatic heterocycles. The fraction of sp³-hybridized carbons (Fsp3) is 0.391. The van der Waals surface area contributed by atoms with E-state index in [1.807, 2.05) is 25.1 Å². The first-order chi connectivity index (χ1) is 15.1. The largest absolute Gasteiger partial charge is 0.477 e. The van der Waals surface area contributed by atoms with Crippen molar-refractivity contribution >= 4 is 5.91 Å². The smallest absolute Gasteiger partial charge is 0.256 e. The van der Waals surface area contributed by atoms with Crippen molar-refractivity contribution in [2.45, 2.75) is 44.7 Å². The van der Waals surface area contributed by atoms with Crippen LogP contribution in [0.2, 0.25) is 0 Å². The van der Waals surface area contributed by atoms with Crippen LogP contribution >= 0.6 is 0 Å². The summed E-state index contributed by atoms with van der Waals surface area (Å²) in [6.45, 7) is 2.44. The second-order valence-electron chi connectivity index (χ2n) is 8.31. The number of carbonyl (C=O) groups is 1.